The molecule has 0 spiro atoms. The fourth-order valence-corrected chi connectivity index (χ4v) is 2.63. The summed E-state index contributed by atoms with van der Waals surface area (Å²) in [6.07, 6.45) is 4.68. The molecule has 1 saturated heterocycles. The molecule has 0 aliphatic carbocycles. The lowest BCUT2D eigenvalue weighted by Gasteiger charge is -2.32. The van der Waals surface area contributed by atoms with Crippen LogP contribution in [0.1, 0.15) is 37.6 Å². The Hall–Kier alpha value is -2.22. The second kappa shape index (κ2) is 6.27. The van der Waals surface area contributed by atoms with Crippen LogP contribution in [0.4, 0.5) is 5.82 Å². The van der Waals surface area contributed by atoms with E-state index in [1.807, 2.05) is 16.9 Å². The van der Waals surface area contributed by atoms with Gasteiger partial charge in [0.1, 0.15) is 17.8 Å². The van der Waals surface area contributed by atoms with Crippen molar-refractivity contribution in [3.8, 4) is 5.88 Å². The average molecular weight is 304 g/mol. The summed E-state index contributed by atoms with van der Waals surface area (Å²) < 4.78 is 7.00. The quantitative estimate of drug-likeness (QED) is 0.900. The van der Waals surface area contributed by atoms with Gasteiger partial charge in [-0.05, 0) is 19.8 Å². The van der Waals surface area contributed by atoms with E-state index in [1.165, 1.54) is 6.33 Å². The fraction of sp³-hybridized carbons (Fsp3) is 0.571. The van der Waals surface area contributed by atoms with Gasteiger partial charge in [-0.1, -0.05) is 5.21 Å². The maximum Gasteiger partial charge on any atom is 0.218 e. The molecular formula is C14H20N6O2. The molecule has 0 aromatic carbocycles. The molecule has 0 bridgehead atoms. The first-order chi connectivity index (χ1) is 10.7. The highest BCUT2D eigenvalue weighted by Gasteiger charge is 2.23. The van der Waals surface area contributed by atoms with Crippen LogP contribution in [0.5, 0.6) is 5.88 Å². The lowest BCUT2D eigenvalue weighted by molar-refractivity contribution is 0.194. The highest BCUT2D eigenvalue weighted by Crippen LogP contribution is 2.26. The van der Waals surface area contributed by atoms with Gasteiger partial charge in [0.25, 0.3) is 0 Å². The molecule has 8 heteroatoms. The number of methoxy groups -OCH3 is 1. The SMILES string of the molecule is COc1cc(N2CCC(n3cc([C@@H](C)O)nn3)CC2)ncn1. The number of piperidine rings is 1. The monoisotopic (exact) mass is 304 g/mol. The van der Waals surface area contributed by atoms with E-state index in [9.17, 15) is 5.11 Å². The van der Waals surface area contributed by atoms with Gasteiger partial charge in [-0.3, -0.25) is 0 Å². The van der Waals surface area contributed by atoms with Gasteiger partial charge in [0, 0.05) is 19.2 Å². The number of ether oxygens (including phenoxy) is 1. The second-order valence-electron chi connectivity index (χ2n) is 5.44. The lowest BCUT2D eigenvalue weighted by Crippen LogP contribution is -2.35. The van der Waals surface area contributed by atoms with Gasteiger partial charge in [0.05, 0.1) is 25.5 Å². The van der Waals surface area contributed by atoms with E-state index in [0.717, 1.165) is 31.7 Å². The van der Waals surface area contributed by atoms with Crippen molar-refractivity contribution in [2.24, 2.45) is 0 Å². The topological polar surface area (TPSA) is 89.2 Å². The number of hydrogen-bond acceptors (Lipinski definition) is 7. The first-order valence-electron chi connectivity index (χ1n) is 7.38. The Bertz CT molecular complexity index is 621. The van der Waals surface area contributed by atoms with Crippen LogP contribution in [-0.2, 0) is 0 Å². The van der Waals surface area contributed by atoms with Gasteiger partial charge in [0.2, 0.25) is 5.88 Å². The summed E-state index contributed by atoms with van der Waals surface area (Å²) in [6, 6.07) is 2.15. The normalized spacial score (nSPS) is 17.5. The summed E-state index contributed by atoms with van der Waals surface area (Å²) in [5.74, 6) is 1.46. The van der Waals surface area contributed by atoms with E-state index in [2.05, 4.69) is 25.2 Å². The predicted molar refractivity (Wildman–Crippen MR) is 79.7 cm³/mol. The van der Waals surface area contributed by atoms with E-state index >= 15 is 0 Å². The molecule has 2 aromatic heterocycles. The third-order valence-corrected chi connectivity index (χ3v) is 3.96. The van der Waals surface area contributed by atoms with Gasteiger partial charge in [-0.2, -0.15) is 0 Å². The number of anilines is 1. The first kappa shape index (κ1) is 14.7. The van der Waals surface area contributed by atoms with E-state index < -0.39 is 6.10 Å². The van der Waals surface area contributed by atoms with Crippen LogP contribution in [0.2, 0.25) is 0 Å². The van der Waals surface area contributed by atoms with Crippen LogP contribution < -0.4 is 9.64 Å². The Kier molecular flexibility index (Phi) is 4.19. The lowest BCUT2D eigenvalue weighted by atomic mass is 10.1. The smallest absolute Gasteiger partial charge is 0.218 e. The number of hydrogen-bond donors (Lipinski definition) is 1. The molecule has 1 N–H and O–H groups in total. The minimum atomic E-state index is -0.581. The van der Waals surface area contributed by atoms with Crippen molar-refractivity contribution in [3.63, 3.8) is 0 Å². The van der Waals surface area contributed by atoms with Crippen molar-refractivity contribution in [1.29, 1.82) is 0 Å². The van der Waals surface area contributed by atoms with Crippen molar-refractivity contribution in [2.45, 2.75) is 31.9 Å². The summed E-state index contributed by atoms with van der Waals surface area (Å²) >= 11 is 0. The second-order valence-corrected chi connectivity index (χ2v) is 5.44. The van der Waals surface area contributed by atoms with Crippen LogP contribution in [0, 0.1) is 0 Å². The van der Waals surface area contributed by atoms with E-state index in [0.29, 0.717) is 17.6 Å². The molecule has 1 atom stereocenters. The van der Waals surface area contributed by atoms with Crippen molar-refractivity contribution in [1.82, 2.24) is 25.0 Å². The molecule has 3 rings (SSSR count). The minimum Gasteiger partial charge on any atom is -0.481 e. The molecule has 1 aliphatic rings. The number of nitrogens with zero attached hydrogens (tertiary/aromatic N) is 6. The van der Waals surface area contributed by atoms with Crippen molar-refractivity contribution >= 4 is 5.82 Å². The zero-order chi connectivity index (χ0) is 15.5. The predicted octanol–water partition coefficient (Wildman–Crippen LogP) is 0.971. The summed E-state index contributed by atoms with van der Waals surface area (Å²) in [6.45, 7) is 3.46. The molecule has 0 amide bonds. The van der Waals surface area contributed by atoms with Crippen LogP contribution in [0.15, 0.2) is 18.6 Å². The van der Waals surface area contributed by atoms with Crippen molar-refractivity contribution in [3.05, 3.63) is 24.3 Å². The van der Waals surface area contributed by atoms with Crippen LogP contribution in [0.25, 0.3) is 0 Å². The Labute approximate surface area is 128 Å². The van der Waals surface area contributed by atoms with Gasteiger partial charge >= 0.3 is 0 Å². The number of aliphatic hydroxyl groups is 1. The molecular weight excluding hydrogens is 284 g/mol. The fourth-order valence-electron chi connectivity index (χ4n) is 2.63. The minimum absolute atomic E-state index is 0.306. The molecule has 0 saturated carbocycles. The van der Waals surface area contributed by atoms with E-state index in [4.69, 9.17) is 4.74 Å². The largest absolute Gasteiger partial charge is 0.481 e. The molecule has 118 valence electrons. The number of rotatable bonds is 4. The van der Waals surface area contributed by atoms with Gasteiger partial charge in [0.15, 0.2) is 0 Å². The average Bonchev–Trinajstić information content (AvgIpc) is 3.05. The number of aliphatic hydroxyl groups excluding tert-OH is 1. The Morgan fingerprint density at radius 1 is 1.32 bits per heavy atom. The molecule has 0 radical (unpaired) electrons. The molecule has 0 unspecified atom stereocenters. The van der Waals surface area contributed by atoms with Crippen LogP contribution in [0.3, 0.4) is 0 Å². The van der Waals surface area contributed by atoms with Crippen LogP contribution >= 0.6 is 0 Å². The van der Waals surface area contributed by atoms with Gasteiger partial charge < -0.3 is 14.7 Å². The summed E-state index contributed by atoms with van der Waals surface area (Å²) in [5.41, 5.74) is 0.614. The highest BCUT2D eigenvalue weighted by atomic mass is 16.5. The third kappa shape index (κ3) is 3.01. The summed E-state index contributed by atoms with van der Waals surface area (Å²) in [7, 11) is 1.60. The highest BCUT2D eigenvalue weighted by molar-refractivity contribution is 5.41. The van der Waals surface area contributed by atoms with Gasteiger partial charge in [-0.25, -0.2) is 14.6 Å². The molecule has 22 heavy (non-hydrogen) atoms. The molecule has 1 fully saturated rings. The molecule has 8 nitrogen and oxygen atoms in total. The molecule has 2 aromatic rings. The summed E-state index contributed by atoms with van der Waals surface area (Å²) in [5, 5.41) is 17.7. The van der Waals surface area contributed by atoms with E-state index in [1.54, 1.807) is 14.0 Å². The van der Waals surface area contributed by atoms with Crippen molar-refractivity contribution in [2.75, 3.05) is 25.1 Å². The third-order valence-electron chi connectivity index (χ3n) is 3.96. The zero-order valence-electron chi connectivity index (χ0n) is 12.8. The Morgan fingerprint density at radius 2 is 2.09 bits per heavy atom. The Morgan fingerprint density at radius 3 is 2.73 bits per heavy atom. The molecule has 1 aliphatic heterocycles. The maximum atomic E-state index is 9.53. The maximum absolute atomic E-state index is 9.53. The van der Waals surface area contributed by atoms with Crippen molar-refractivity contribution < 1.29 is 9.84 Å². The Balaban J connectivity index is 1.64. The van der Waals surface area contributed by atoms with E-state index in [-0.39, 0.29) is 0 Å². The molecule has 3 heterocycles. The first-order valence-corrected chi connectivity index (χ1v) is 7.38. The van der Waals surface area contributed by atoms with Gasteiger partial charge in [-0.15, -0.1) is 5.10 Å². The zero-order valence-corrected chi connectivity index (χ0v) is 12.8. The van der Waals surface area contributed by atoms with Crippen LogP contribution in [-0.4, -0.2) is 50.3 Å². The summed E-state index contributed by atoms with van der Waals surface area (Å²) in [4.78, 5) is 10.5. The number of aromatic nitrogens is 5. The standard InChI is InChI=1S/C14H20N6O2/c1-10(21)12-8-20(18-17-12)11-3-5-19(6-4-11)13-7-14(22-2)16-9-15-13/h7-11,21H,3-6H2,1-2H3/t10-/m1/s1.